The summed E-state index contributed by atoms with van der Waals surface area (Å²) in [5, 5.41) is 6.60. The van der Waals surface area contributed by atoms with Crippen molar-refractivity contribution in [2.75, 3.05) is 52.0 Å². The van der Waals surface area contributed by atoms with Crippen LogP contribution in [0.3, 0.4) is 0 Å². The highest BCUT2D eigenvalue weighted by Crippen LogP contribution is 2.24. The van der Waals surface area contributed by atoms with E-state index in [1.165, 1.54) is 0 Å². The minimum absolute atomic E-state index is 0.299. The SMILES string of the molecule is CCNC(C)c1csc(N(CCCOC)CCOC)n1. The van der Waals surface area contributed by atoms with E-state index in [1.54, 1.807) is 25.6 Å². The van der Waals surface area contributed by atoms with Gasteiger partial charge < -0.3 is 19.7 Å². The quantitative estimate of drug-likeness (QED) is 0.636. The Morgan fingerprint density at radius 2 is 2.05 bits per heavy atom. The monoisotopic (exact) mass is 301 g/mol. The van der Waals surface area contributed by atoms with Crippen LogP contribution in [0.2, 0.25) is 0 Å². The van der Waals surface area contributed by atoms with Gasteiger partial charge >= 0.3 is 0 Å². The lowest BCUT2D eigenvalue weighted by Gasteiger charge is -2.21. The summed E-state index contributed by atoms with van der Waals surface area (Å²) < 4.78 is 10.3. The first-order chi connectivity index (χ1) is 9.72. The minimum atomic E-state index is 0.299. The Labute approximate surface area is 126 Å². The van der Waals surface area contributed by atoms with Gasteiger partial charge in [-0.25, -0.2) is 4.98 Å². The molecule has 1 rings (SSSR count). The fourth-order valence-electron chi connectivity index (χ4n) is 1.94. The third-order valence-electron chi connectivity index (χ3n) is 3.08. The van der Waals surface area contributed by atoms with Gasteiger partial charge in [0, 0.05) is 45.3 Å². The number of hydrogen-bond donors (Lipinski definition) is 1. The molecule has 0 aliphatic rings. The van der Waals surface area contributed by atoms with Gasteiger partial charge in [0.25, 0.3) is 0 Å². The summed E-state index contributed by atoms with van der Waals surface area (Å²) in [6, 6.07) is 0.299. The number of rotatable bonds is 11. The second kappa shape index (κ2) is 10.1. The van der Waals surface area contributed by atoms with Gasteiger partial charge in [-0.05, 0) is 19.9 Å². The fraction of sp³-hybridized carbons (Fsp3) is 0.786. The molecule has 0 amide bonds. The molecule has 0 bridgehead atoms. The summed E-state index contributed by atoms with van der Waals surface area (Å²) in [4.78, 5) is 7.02. The number of thiazole rings is 1. The zero-order chi connectivity index (χ0) is 14.8. The average molecular weight is 301 g/mol. The van der Waals surface area contributed by atoms with E-state index in [1.807, 2.05) is 0 Å². The molecule has 1 atom stereocenters. The van der Waals surface area contributed by atoms with Crippen molar-refractivity contribution >= 4 is 16.5 Å². The van der Waals surface area contributed by atoms with Gasteiger partial charge in [0.15, 0.2) is 5.13 Å². The molecule has 1 heterocycles. The molecule has 20 heavy (non-hydrogen) atoms. The van der Waals surface area contributed by atoms with Gasteiger partial charge in [0.1, 0.15) is 0 Å². The molecular formula is C14H27N3O2S. The Hall–Kier alpha value is -0.690. The molecule has 0 fully saturated rings. The summed E-state index contributed by atoms with van der Waals surface area (Å²) >= 11 is 1.70. The Morgan fingerprint density at radius 1 is 1.30 bits per heavy atom. The molecule has 0 radical (unpaired) electrons. The number of aromatic nitrogens is 1. The summed E-state index contributed by atoms with van der Waals surface area (Å²) in [7, 11) is 3.47. The van der Waals surface area contributed by atoms with Gasteiger partial charge in [-0.3, -0.25) is 0 Å². The molecule has 0 spiro atoms. The second-order valence-corrected chi connectivity index (χ2v) is 5.50. The molecule has 1 unspecified atom stereocenters. The lowest BCUT2D eigenvalue weighted by Crippen LogP contribution is -2.29. The standard InChI is InChI=1S/C14H27N3O2S/c1-5-15-12(2)13-11-20-14(16-13)17(8-10-19-4)7-6-9-18-3/h11-12,15H,5-10H2,1-4H3. The van der Waals surface area contributed by atoms with Crippen molar-refractivity contribution in [3.05, 3.63) is 11.1 Å². The van der Waals surface area contributed by atoms with Crippen LogP contribution in [0.25, 0.3) is 0 Å². The summed E-state index contributed by atoms with van der Waals surface area (Å²) in [6.07, 6.45) is 0.998. The molecule has 0 saturated carbocycles. The normalized spacial score (nSPS) is 12.6. The smallest absolute Gasteiger partial charge is 0.185 e. The Kier molecular flexibility index (Phi) is 8.77. The maximum absolute atomic E-state index is 5.18. The average Bonchev–Trinajstić information content (AvgIpc) is 2.92. The molecule has 5 nitrogen and oxygen atoms in total. The number of nitrogens with zero attached hydrogens (tertiary/aromatic N) is 2. The predicted octanol–water partition coefficient (Wildman–Crippen LogP) is 2.30. The maximum Gasteiger partial charge on any atom is 0.185 e. The van der Waals surface area contributed by atoms with Crippen molar-refractivity contribution < 1.29 is 9.47 Å². The predicted molar refractivity (Wildman–Crippen MR) is 84.8 cm³/mol. The first-order valence-electron chi connectivity index (χ1n) is 7.14. The topological polar surface area (TPSA) is 46.6 Å². The molecule has 0 aromatic carbocycles. The van der Waals surface area contributed by atoms with Gasteiger partial charge in [0.2, 0.25) is 0 Å². The summed E-state index contributed by atoms with van der Waals surface area (Å²) in [6.45, 7) is 8.50. The number of ether oxygens (including phenoxy) is 2. The lowest BCUT2D eigenvalue weighted by molar-refractivity contribution is 0.191. The molecular weight excluding hydrogens is 274 g/mol. The molecule has 0 aliphatic carbocycles. The van der Waals surface area contributed by atoms with Gasteiger partial charge in [-0.1, -0.05) is 6.92 Å². The summed E-state index contributed by atoms with van der Waals surface area (Å²) in [5.41, 5.74) is 1.11. The fourth-order valence-corrected chi connectivity index (χ4v) is 2.91. The van der Waals surface area contributed by atoms with E-state index >= 15 is 0 Å². The van der Waals surface area contributed by atoms with E-state index < -0.39 is 0 Å². The van der Waals surface area contributed by atoms with Crippen molar-refractivity contribution in [1.29, 1.82) is 0 Å². The van der Waals surface area contributed by atoms with Crippen molar-refractivity contribution in [2.45, 2.75) is 26.3 Å². The van der Waals surface area contributed by atoms with Crippen LogP contribution in [0.1, 0.15) is 32.0 Å². The van der Waals surface area contributed by atoms with Crippen LogP contribution in [-0.4, -0.2) is 52.1 Å². The molecule has 1 N–H and O–H groups in total. The van der Waals surface area contributed by atoms with Crippen LogP contribution in [0.15, 0.2) is 5.38 Å². The molecule has 1 aromatic heterocycles. The molecule has 0 saturated heterocycles. The Bertz CT molecular complexity index is 360. The van der Waals surface area contributed by atoms with Crippen LogP contribution in [0, 0.1) is 0 Å². The van der Waals surface area contributed by atoms with Crippen molar-refractivity contribution in [2.24, 2.45) is 0 Å². The van der Waals surface area contributed by atoms with Gasteiger partial charge in [-0.15, -0.1) is 11.3 Å². The van der Waals surface area contributed by atoms with E-state index in [0.717, 1.165) is 43.5 Å². The van der Waals surface area contributed by atoms with Crippen LogP contribution in [-0.2, 0) is 9.47 Å². The minimum Gasteiger partial charge on any atom is -0.385 e. The third-order valence-corrected chi connectivity index (χ3v) is 4.00. The number of nitrogens with one attached hydrogen (secondary N) is 1. The molecule has 116 valence electrons. The number of methoxy groups -OCH3 is 2. The van der Waals surface area contributed by atoms with Crippen LogP contribution in [0.4, 0.5) is 5.13 Å². The molecule has 6 heteroatoms. The molecule has 0 aliphatic heterocycles. The van der Waals surface area contributed by atoms with Crippen molar-refractivity contribution in [1.82, 2.24) is 10.3 Å². The largest absolute Gasteiger partial charge is 0.385 e. The third kappa shape index (κ3) is 5.75. The highest BCUT2D eigenvalue weighted by atomic mass is 32.1. The highest BCUT2D eigenvalue weighted by molar-refractivity contribution is 7.13. The lowest BCUT2D eigenvalue weighted by atomic mass is 10.2. The van der Waals surface area contributed by atoms with Crippen LogP contribution >= 0.6 is 11.3 Å². The Morgan fingerprint density at radius 3 is 2.70 bits per heavy atom. The van der Waals surface area contributed by atoms with Crippen LogP contribution < -0.4 is 10.2 Å². The first kappa shape index (κ1) is 17.4. The number of anilines is 1. The second-order valence-electron chi connectivity index (χ2n) is 4.66. The van der Waals surface area contributed by atoms with Crippen LogP contribution in [0.5, 0.6) is 0 Å². The van der Waals surface area contributed by atoms with Gasteiger partial charge in [-0.2, -0.15) is 0 Å². The Balaban J connectivity index is 2.64. The van der Waals surface area contributed by atoms with E-state index in [-0.39, 0.29) is 0 Å². The van der Waals surface area contributed by atoms with E-state index in [0.29, 0.717) is 12.6 Å². The maximum atomic E-state index is 5.18. The number of hydrogen-bond acceptors (Lipinski definition) is 6. The first-order valence-corrected chi connectivity index (χ1v) is 8.02. The van der Waals surface area contributed by atoms with Crippen molar-refractivity contribution in [3.8, 4) is 0 Å². The molecule has 1 aromatic rings. The van der Waals surface area contributed by atoms with Crippen molar-refractivity contribution in [3.63, 3.8) is 0 Å². The summed E-state index contributed by atoms with van der Waals surface area (Å²) in [5.74, 6) is 0. The highest BCUT2D eigenvalue weighted by Gasteiger charge is 2.13. The van der Waals surface area contributed by atoms with E-state index in [4.69, 9.17) is 14.5 Å². The van der Waals surface area contributed by atoms with Gasteiger partial charge in [0.05, 0.1) is 12.3 Å². The zero-order valence-corrected chi connectivity index (χ0v) is 13.8. The van der Waals surface area contributed by atoms with E-state index in [9.17, 15) is 0 Å². The zero-order valence-electron chi connectivity index (χ0n) is 13.0. The van der Waals surface area contributed by atoms with E-state index in [2.05, 4.69) is 29.4 Å².